The van der Waals surface area contributed by atoms with Crippen LogP contribution in [0.1, 0.15) is 48.2 Å². The molecule has 5 heteroatoms. The Hall–Kier alpha value is -3.52. The zero-order chi connectivity index (χ0) is 21.7. The highest BCUT2D eigenvalue weighted by atomic mass is 16.3. The van der Waals surface area contributed by atoms with Crippen LogP contribution in [0.3, 0.4) is 0 Å². The number of carbonyl (C=O) groups excluding carboxylic acids is 1. The molecule has 0 aliphatic heterocycles. The van der Waals surface area contributed by atoms with Crippen molar-refractivity contribution in [3.8, 4) is 6.07 Å². The highest BCUT2D eigenvalue weighted by Gasteiger charge is 2.22. The van der Waals surface area contributed by atoms with Gasteiger partial charge in [0.25, 0.3) is 5.91 Å². The fourth-order valence-corrected chi connectivity index (χ4v) is 3.55. The number of carbonyl (C=O) groups is 1. The molecule has 30 heavy (non-hydrogen) atoms. The molecule has 154 valence electrons. The molecule has 2 heterocycles. The van der Waals surface area contributed by atoms with Crippen molar-refractivity contribution in [3.05, 3.63) is 88.6 Å². The van der Waals surface area contributed by atoms with Crippen molar-refractivity contribution in [1.29, 1.82) is 5.26 Å². The lowest BCUT2D eigenvalue weighted by molar-refractivity contribution is -0.117. The van der Waals surface area contributed by atoms with Crippen LogP contribution in [0.15, 0.2) is 64.8 Å². The number of aromatic nitrogens is 1. The number of aryl methyl sites for hydroxylation is 1. The Morgan fingerprint density at radius 1 is 1.20 bits per heavy atom. The van der Waals surface area contributed by atoms with Gasteiger partial charge in [0.2, 0.25) is 0 Å². The van der Waals surface area contributed by atoms with Gasteiger partial charge < -0.3 is 14.3 Å². The molecule has 0 spiro atoms. The van der Waals surface area contributed by atoms with E-state index in [0.29, 0.717) is 11.7 Å². The van der Waals surface area contributed by atoms with Crippen LogP contribution in [0, 0.1) is 31.1 Å². The summed E-state index contributed by atoms with van der Waals surface area (Å²) in [4.78, 5) is 13.0. The van der Waals surface area contributed by atoms with Crippen LogP contribution < -0.4 is 5.32 Å². The molecule has 3 aromatic rings. The van der Waals surface area contributed by atoms with Crippen LogP contribution >= 0.6 is 0 Å². The summed E-state index contributed by atoms with van der Waals surface area (Å²) in [7, 11) is 0. The molecule has 1 atom stereocenters. The molecular weight excluding hydrogens is 374 g/mol. The quantitative estimate of drug-likeness (QED) is 0.439. The standard InChI is InChI=1S/C25H27N3O2/c1-17(2)16-28-18(3)13-21(19(28)4)14-22(15-26)25(29)27-24(23-11-8-12-30-23)20-9-6-5-7-10-20/h5-14,17,24H,16H2,1-4H3,(H,27,29)/b22-14-. The number of hydrogen-bond acceptors (Lipinski definition) is 3. The van der Waals surface area contributed by atoms with E-state index in [-0.39, 0.29) is 5.57 Å². The maximum atomic E-state index is 13.0. The zero-order valence-corrected chi connectivity index (χ0v) is 17.8. The predicted octanol–water partition coefficient (Wildman–Crippen LogP) is 5.17. The van der Waals surface area contributed by atoms with Crippen molar-refractivity contribution in [2.75, 3.05) is 0 Å². The Labute approximate surface area is 177 Å². The minimum atomic E-state index is -0.473. The highest BCUT2D eigenvalue weighted by Crippen LogP contribution is 2.24. The molecule has 1 unspecified atom stereocenters. The van der Waals surface area contributed by atoms with Gasteiger partial charge in [-0.1, -0.05) is 44.2 Å². The summed E-state index contributed by atoms with van der Waals surface area (Å²) in [5.41, 5.74) is 3.99. The summed E-state index contributed by atoms with van der Waals surface area (Å²) in [5, 5.41) is 12.6. The second-order valence-electron chi connectivity index (χ2n) is 7.83. The Morgan fingerprint density at radius 2 is 1.93 bits per heavy atom. The average Bonchev–Trinajstić information content (AvgIpc) is 3.35. The van der Waals surface area contributed by atoms with Crippen molar-refractivity contribution in [1.82, 2.24) is 9.88 Å². The molecule has 0 bridgehead atoms. The van der Waals surface area contributed by atoms with E-state index in [4.69, 9.17) is 4.42 Å². The van der Waals surface area contributed by atoms with Crippen LogP contribution in [0.5, 0.6) is 0 Å². The topological polar surface area (TPSA) is 71.0 Å². The van der Waals surface area contributed by atoms with E-state index in [1.165, 1.54) is 0 Å². The van der Waals surface area contributed by atoms with E-state index in [9.17, 15) is 10.1 Å². The van der Waals surface area contributed by atoms with Gasteiger partial charge in [-0.3, -0.25) is 4.79 Å². The molecule has 1 aromatic carbocycles. The summed E-state index contributed by atoms with van der Waals surface area (Å²) in [6.07, 6.45) is 3.24. The number of hydrogen-bond donors (Lipinski definition) is 1. The van der Waals surface area contributed by atoms with Gasteiger partial charge >= 0.3 is 0 Å². The summed E-state index contributed by atoms with van der Waals surface area (Å²) < 4.78 is 7.76. The molecule has 5 nitrogen and oxygen atoms in total. The molecule has 1 amide bonds. The van der Waals surface area contributed by atoms with E-state index in [1.54, 1.807) is 18.4 Å². The normalized spacial score (nSPS) is 12.6. The first-order valence-electron chi connectivity index (χ1n) is 10.1. The van der Waals surface area contributed by atoms with Crippen molar-refractivity contribution < 1.29 is 9.21 Å². The lowest BCUT2D eigenvalue weighted by Gasteiger charge is -2.17. The number of nitriles is 1. The summed E-state index contributed by atoms with van der Waals surface area (Å²) >= 11 is 0. The lowest BCUT2D eigenvalue weighted by Crippen LogP contribution is -2.30. The van der Waals surface area contributed by atoms with Crippen molar-refractivity contribution in [2.24, 2.45) is 5.92 Å². The maximum absolute atomic E-state index is 13.0. The third-order valence-electron chi connectivity index (χ3n) is 5.06. The summed E-state index contributed by atoms with van der Waals surface area (Å²) in [5.74, 6) is 0.684. The Kier molecular flexibility index (Phi) is 6.58. The SMILES string of the molecule is Cc1cc(/C=C(/C#N)C(=O)NC(c2ccccc2)c2ccco2)c(C)n1CC(C)C. The van der Waals surface area contributed by atoms with Gasteiger partial charge in [0.1, 0.15) is 23.4 Å². The molecule has 0 saturated carbocycles. The highest BCUT2D eigenvalue weighted by molar-refractivity contribution is 6.02. The lowest BCUT2D eigenvalue weighted by atomic mass is 10.0. The van der Waals surface area contributed by atoms with E-state index in [1.807, 2.05) is 56.3 Å². The van der Waals surface area contributed by atoms with E-state index in [2.05, 4.69) is 29.8 Å². The van der Waals surface area contributed by atoms with E-state index < -0.39 is 11.9 Å². The number of furan rings is 1. The maximum Gasteiger partial charge on any atom is 0.262 e. The van der Waals surface area contributed by atoms with Gasteiger partial charge in [-0.15, -0.1) is 0 Å². The molecule has 0 radical (unpaired) electrons. The Bertz CT molecular complexity index is 1070. The first-order valence-corrected chi connectivity index (χ1v) is 10.1. The summed E-state index contributed by atoms with van der Waals surface area (Å²) in [6, 6.07) is 16.8. The Balaban J connectivity index is 1.90. The van der Waals surface area contributed by atoms with Gasteiger partial charge in [0.15, 0.2) is 0 Å². The van der Waals surface area contributed by atoms with E-state index in [0.717, 1.165) is 29.1 Å². The first-order chi connectivity index (χ1) is 14.4. The second kappa shape index (κ2) is 9.32. The molecule has 2 aromatic heterocycles. The molecular formula is C25H27N3O2. The zero-order valence-electron chi connectivity index (χ0n) is 17.8. The molecule has 0 saturated heterocycles. The minimum Gasteiger partial charge on any atom is -0.467 e. The fraction of sp³-hybridized carbons (Fsp3) is 0.280. The number of nitrogens with zero attached hydrogens (tertiary/aromatic N) is 2. The van der Waals surface area contributed by atoms with E-state index >= 15 is 0 Å². The van der Waals surface area contributed by atoms with Gasteiger partial charge in [0.05, 0.1) is 6.26 Å². The van der Waals surface area contributed by atoms with Crippen molar-refractivity contribution in [2.45, 2.75) is 40.3 Å². The second-order valence-corrected chi connectivity index (χ2v) is 7.83. The monoisotopic (exact) mass is 401 g/mol. The average molecular weight is 402 g/mol. The van der Waals surface area contributed by atoms with Crippen LogP contribution in [-0.4, -0.2) is 10.5 Å². The number of nitrogens with one attached hydrogen (secondary N) is 1. The largest absolute Gasteiger partial charge is 0.467 e. The number of benzene rings is 1. The minimum absolute atomic E-state index is 0.0623. The van der Waals surface area contributed by atoms with Gasteiger partial charge in [-0.05, 0) is 55.2 Å². The molecule has 0 aliphatic carbocycles. The molecule has 3 rings (SSSR count). The van der Waals surface area contributed by atoms with Gasteiger partial charge in [-0.2, -0.15) is 5.26 Å². The molecule has 1 N–H and O–H groups in total. The third-order valence-corrected chi connectivity index (χ3v) is 5.06. The molecule has 0 aliphatic rings. The predicted molar refractivity (Wildman–Crippen MR) is 117 cm³/mol. The van der Waals surface area contributed by atoms with Crippen LogP contribution in [0.4, 0.5) is 0 Å². The van der Waals surface area contributed by atoms with Gasteiger partial charge in [0, 0.05) is 17.9 Å². The van der Waals surface area contributed by atoms with Crippen LogP contribution in [0.25, 0.3) is 6.08 Å². The van der Waals surface area contributed by atoms with Crippen LogP contribution in [0.2, 0.25) is 0 Å². The van der Waals surface area contributed by atoms with Gasteiger partial charge in [-0.25, -0.2) is 0 Å². The summed E-state index contributed by atoms with van der Waals surface area (Å²) in [6.45, 7) is 9.29. The Morgan fingerprint density at radius 3 is 2.53 bits per heavy atom. The first kappa shape index (κ1) is 21.2. The number of rotatable bonds is 7. The molecule has 0 fully saturated rings. The number of amides is 1. The van der Waals surface area contributed by atoms with Crippen LogP contribution in [-0.2, 0) is 11.3 Å². The fourth-order valence-electron chi connectivity index (χ4n) is 3.55. The third kappa shape index (κ3) is 4.72. The van der Waals surface area contributed by atoms with Crippen molar-refractivity contribution >= 4 is 12.0 Å². The smallest absolute Gasteiger partial charge is 0.262 e. The van der Waals surface area contributed by atoms with Crippen molar-refractivity contribution in [3.63, 3.8) is 0 Å².